The van der Waals surface area contributed by atoms with E-state index in [1.807, 2.05) is 6.92 Å². The fourth-order valence-electron chi connectivity index (χ4n) is 1.63. The first-order chi connectivity index (χ1) is 6.19. The van der Waals surface area contributed by atoms with E-state index in [2.05, 4.69) is 10.1 Å². The summed E-state index contributed by atoms with van der Waals surface area (Å²) in [5.74, 6) is 0.576. The molecule has 0 aromatic rings. The van der Waals surface area contributed by atoms with Gasteiger partial charge in [0.15, 0.2) is 5.84 Å². The van der Waals surface area contributed by atoms with Gasteiger partial charge in [-0.15, -0.1) is 0 Å². The second-order valence-electron chi connectivity index (χ2n) is 3.53. The number of oxime groups is 1. The molecule has 76 valence electrons. The lowest BCUT2D eigenvalue weighted by Gasteiger charge is -2.22. The molecule has 5 nitrogen and oxygen atoms in total. The third-order valence-corrected chi connectivity index (χ3v) is 2.67. The summed E-state index contributed by atoms with van der Waals surface area (Å²) in [6.45, 7) is 3.85. The lowest BCUT2D eigenvalue weighted by Crippen LogP contribution is -2.41. The molecule has 0 saturated carbocycles. The van der Waals surface area contributed by atoms with E-state index in [0.717, 1.165) is 19.5 Å². The first-order valence-corrected chi connectivity index (χ1v) is 4.51. The van der Waals surface area contributed by atoms with Gasteiger partial charge in [-0.3, -0.25) is 4.90 Å². The fourth-order valence-corrected chi connectivity index (χ4v) is 1.63. The molecule has 5 heteroatoms. The van der Waals surface area contributed by atoms with Crippen molar-refractivity contribution in [1.82, 2.24) is 4.90 Å². The monoisotopic (exact) mass is 187 g/mol. The van der Waals surface area contributed by atoms with Crippen LogP contribution in [-0.4, -0.2) is 46.8 Å². The minimum atomic E-state index is -0.0402. The third kappa shape index (κ3) is 2.32. The van der Waals surface area contributed by atoms with Crippen LogP contribution in [0.4, 0.5) is 0 Å². The molecule has 2 unspecified atom stereocenters. The van der Waals surface area contributed by atoms with Crippen LogP contribution in [0.1, 0.15) is 13.3 Å². The number of rotatable bonds is 3. The number of nitrogens with zero attached hydrogens (tertiary/aromatic N) is 2. The molecule has 0 radical (unpaired) electrons. The van der Waals surface area contributed by atoms with Gasteiger partial charge in [0.25, 0.3) is 0 Å². The summed E-state index contributed by atoms with van der Waals surface area (Å²) in [6, 6.07) is -0.0402. The van der Waals surface area contributed by atoms with Crippen molar-refractivity contribution in [3.05, 3.63) is 0 Å². The number of hydrogen-bond acceptors (Lipinski definition) is 4. The highest BCUT2D eigenvalue weighted by Crippen LogP contribution is 2.17. The molecule has 1 rings (SSSR count). The summed E-state index contributed by atoms with van der Waals surface area (Å²) in [4.78, 5) is 2.11. The SMILES string of the molecule is CC(/C(N)=N/O)N1CCC(CO)C1. The van der Waals surface area contributed by atoms with Gasteiger partial charge in [-0.25, -0.2) is 0 Å². The Kier molecular flexibility index (Phi) is 3.50. The average molecular weight is 187 g/mol. The highest BCUT2D eigenvalue weighted by atomic mass is 16.4. The predicted molar refractivity (Wildman–Crippen MR) is 49.6 cm³/mol. The zero-order chi connectivity index (χ0) is 9.84. The molecule has 1 heterocycles. The Morgan fingerprint density at radius 2 is 2.46 bits per heavy atom. The number of nitrogens with two attached hydrogens (primary N) is 1. The van der Waals surface area contributed by atoms with E-state index < -0.39 is 0 Å². The molecular formula is C8H17N3O2. The molecule has 0 aromatic carbocycles. The minimum absolute atomic E-state index is 0.0402. The lowest BCUT2D eigenvalue weighted by molar-refractivity contribution is 0.216. The minimum Gasteiger partial charge on any atom is -0.409 e. The number of amidine groups is 1. The quantitative estimate of drug-likeness (QED) is 0.239. The zero-order valence-corrected chi connectivity index (χ0v) is 7.85. The van der Waals surface area contributed by atoms with Gasteiger partial charge in [0, 0.05) is 13.2 Å². The number of hydrogen-bond donors (Lipinski definition) is 3. The highest BCUT2D eigenvalue weighted by molar-refractivity contribution is 5.84. The van der Waals surface area contributed by atoms with Gasteiger partial charge in [0.1, 0.15) is 0 Å². The maximum absolute atomic E-state index is 8.92. The maximum Gasteiger partial charge on any atom is 0.156 e. The van der Waals surface area contributed by atoms with Crippen LogP contribution in [0, 0.1) is 5.92 Å². The first-order valence-electron chi connectivity index (χ1n) is 4.51. The van der Waals surface area contributed by atoms with Crippen molar-refractivity contribution in [2.75, 3.05) is 19.7 Å². The van der Waals surface area contributed by atoms with Crippen molar-refractivity contribution in [2.24, 2.45) is 16.8 Å². The predicted octanol–water partition coefficient (Wildman–Crippen LogP) is -0.564. The molecule has 0 aromatic heterocycles. The normalized spacial score (nSPS) is 27.8. The molecule has 1 fully saturated rings. The second kappa shape index (κ2) is 4.43. The smallest absolute Gasteiger partial charge is 0.156 e. The summed E-state index contributed by atoms with van der Waals surface area (Å²) >= 11 is 0. The van der Waals surface area contributed by atoms with Crippen molar-refractivity contribution < 1.29 is 10.3 Å². The van der Waals surface area contributed by atoms with Crippen molar-refractivity contribution in [3.8, 4) is 0 Å². The summed E-state index contributed by atoms with van der Waals surface area (Å²) < 4.78 is 0. The van der Waals surface area contributed by atoms with E-state index in [-0.39, 0.29) is 18.5 Å². The Balaban J connectivity index is 2.46. The molecule has 1 saturated heterocycles. The maximum atomic E-state index is 8.92. The summed E-state index contributed by atoms with van der Waals surface area (Å²) in [5, 5.41) is 20.4. The van der Waals surface area contributed by atoms with Crippen LogP contribution < -0.4 is 5.73 Å². The van der Waals surface area contributed by atoms with Gasteiger partial charge < -0.3 is 16.0 Å². The van der Waals surface area contributed by atoms with Gasteiger partial charge in [-0.2, -0.15) is 0 Å². The molecule has 0 amide bonds. The molecule has 2 atom stereocenters. The van der Waals surface area contributed by atoms with Crippen molar-refractivity contribution >= 4 is 5.84 Å². The van der Waals surface area contributed by atoms with Crippen molar-refractivity contribution in [1.29, 1.82) is 0 Å². The van der Waals surface area contributed by atoms with Crippen LogP contribution in [0.25, 0.3) is 0 Å². The summed E-state index contributed by atoms with van der Waals surface area (Å²) in [5.41, 5.74) is 5.48. The van der Waals surface area contributed by atoms with E-state index in [1.54, 1.807) is 0 Å². The summed E-state index contributed by atoms with van der Waals surface area (Å²) in [7, 11) is 0. The van der Waals surface area contributed by atoms with E-state index in [0.29, 0.717) is 5.92 Å². The van der Waals surface area contributed by atoms with Crippen molar-refractivity contribution in [2.45, 2.75) is 19.4 Å². The van der Waals surface area contributed by atoms with Crippen LogP contribution in [0.15, 0.2) is 5.16 Å². The highest BCUT2D eigenvalue weighted by Gasteiger charge is 2.27. The van der Waals surface area contributed by atoms with Gasteiger partial charge in [0.05, 0.1) is 6.04 Å². The zero-order valence-electron chi connectivity index (χ0n) is 7.85. The Hall–Kier alpha value is -0.810. The molecule has 0 aliphatic carbocycles. The standard InChI is InChI=1S/C8H17N3O2/c1-6(8(9)10-13)11-3-2-7(4-11)5-12/h6-7,12-13H,2-5H2,1H3,(H2,9,10). The van der Waals surface area contributed by atoms with Gasteiger partial charge in [-0.05, 0) is 25.8 Å². The largest absolute Gasteiger partial charge is 0.409 e. The van der Waals surface area contributed by atoms with Gasteiger partial charge in [-0.1, -0.05) is 5.16 Å². The second-order valence-corrected chi connectivity index (χ2v) is 3.53. The van der Waals surface area contributed by atoms with Gasteiger partial charge in [0.2, 0.25) is 0 Å². The molecular weight excluding hydrogens is 170 g/mol. The van der Waals surface area contributed by atoms with Crippen LogP contribution in [0.3, 0.4) is 0 Å². The Morgan fingerprint density at radius 1 is 1.77 bits per heavy atom. The third-order valence-electron chi connectivity index (χ3n) is 2.67. The molecule has 1 aliphatic rings. The lowest BCUT2D eigenvalue weighted by atomic mass is 10.1. The van der Waals surface area contributed by atoms with Crippen LogP contribution >= 0.6 is 0 Å². The number of aliphatic hydroxyl groups excluding tert-OH is 1. The average Bonchev–Trinajstić information content (AvgIpc) is 2.63. The first kappa shape index (κ1) is 10.3. The Morgan fingerprint density at radius 3 is 2.92 bits per heavy atom. The van der Waals surface area contributed by atoms with E-state index in [9.17, 15) is 0 Å². The van der Waals surface area contributed by atoms with Gasteiger partial charge >= 0.3 is 0 Å². The van der Waals surface area contributed by atoms with E-state index in [4.69, 9.17) is 16.0 Å². The van der Waals surface area contributed by atoms with Crippen LogP contribution in [0.2, 0.25) is 0 Å². The number of likely N-dealkylation sites (tertiary alicyclic amines) is 1. The Labute approximate surface area is 77.8 Å². The van der Waals surface area contributed by atoms with E-state index >= 15 is 0 Å². The van der Waals surface area contributed by atoms with Crippen LogP contribution in [-0.2, 0) is 0 Å². The molecule has 0 spiro atoms. The molecule has 0 bridgehead atoms. The number of aliphatic hydroxyl groups is 1. The molecule has 4 N–H and O–H groups in total. The summed E-state index contributed by atoms with van der Waals surface area (Å²) in [6.07, 6.45) is 0.986. The Bertz CT molecular complexity index is 196. The molecule has 1 aliphatic heterocycles. The fraction of sp³-hybridized carbons (Fsp3) is 0.875. The van der Waals surface area contributed by atoms with Crippen molar-refractivity contribution in [3.63, 3.8) is 0 Å². The van der Waals surface area contributed by atoms with Crippen LogP contribution in [0.5, 0.6) is 0 Å². The molecule has 13 heavy (non-hydrogen) atoms. The van der Waals surface area contributed by atoms with E-state index in [1.165, 1.54) is 0 Å². The topological polar surface area (TPSA) is 82.1 Å².